The molecule has 0 aliphatic carbocycles. The van der Waals surface area contributed by atoms with E-state index in [1.165, 1.54) is 80.7 Å². The molecule has 0 unspecified atom stereocenters. The minimum Gasteiger partial charge on any atom is -0.308 e. The summed E-state index contributed by atoms with van der Waals surface area (Å²) in [7, 11) is 0. The molecule has 7 aromatic carbocycles. The van der Waals surface area contributed by atoms with E-state index >= 15 is 0 Å². The molecule has 0 saturated carbocycles. The lowest BCUT2D eigenvalue weighted by Crippen LogP contribution is -2.11. The number of benzene rings is 7. The van der Waals surface area contributed by atoms with Crippen LogP contribution in [0.3, 0.4) is 0 Å². The molecule has 0 bridgehead atoms. The predicted octanol–water partition coefficient (Wildman–Crippen LogP) is 11.5. The molecule has 192 valence electrons. The van der Waals surface area contributed by atoms with Crippen LogP contribution in [-0.2, 0) is 12.8 Å². The fraction of sp³-hybridized carbons (Fsp3) is 0.105. The second-order valence-corrected chi connectivity index (χ2v) is 11.7. The van der Waals surface area contributed by atoms with Crippen molar-refractivity contribution in [2.45, 2.75) is 26.7 Å². The number of hydrogen-bond acceptors (Lipinski definition) is 2. The Kier molecular flexibility index (Phi) is 5.33. The molecular formula is C38H29NS. The molecule has 2 heteroatoms. The second kappa shape index (κ2) is 9.08. The van der Waals surface area contributed by atoms with Gasteiger partial charge in [-0.2, -0.15) is 0 Å². The first-order valence-electron chi connectivity index (χ1n) is 14.2. The first kappa shape index (κ1) is 23.5. The molecule has 0 fully saturated rings. The Balaban J connectivity index is 1.53. The Bertz CT molecular complexity index is 2190. The van der Waals surface area contributed by atoms with E-state index in [4.69, 9.17) is 0 Å². The summed E-state index contributed by atoms with van der Waals surface area (Å²) in [5, 5.41) is 10.8. The molecule has 0 amide bonds. The minimum absolute atomic E-state index is 0.984. The van der Waals surface area contributed by atoms with E-state index in [1.54, 1.807) is 0 Å². The van der Waals surface area contributed by atoms with Crippen molar-refractivity contribution in [2.24, 2.45) is 0 Å². The molecule has 1 nitrogen and oxygen atoms in total. The van der Waals surface area contributed by atoms with Gasteiger partial charge in [-0.05, 0) is 81.2 Å². The maximum absolute atomic E-state index is 2.50. The number of nitrogens with zero attached hydrogens (tertiary/aromatic N) is 1. The molecule has 8 aromatic rings. The van der Waals surface area contributed by atoms with Crippen LogP contribution in [0.15, 0.2) is 115 Å². The van der Waals surface area contributed by atoms with Crippen molar-refractivity contribution in [1.82, 2.24) is 0 Å². The highest BCUT2D eigenvalue weighted by atomic mass is 32.1. The predicted molar refractivity (Wildman–Crippen MR) is 176 cm³/mol. The number of para-hydroxylation sites is 1. The van der Waals surface area contributed by atoms with Crippen LogP contribution in [0.1, 0.15) is 25.0 Å². The monoisotopic (exact) mass is 531 g/mol. The zero-order chi connectivity index (χ0) is 26.8. The highest BCUT2D eigenvalue weighted by molar-refractivity contribution is 7.26. The van der Waals surface area contributed by atoms with Crippen LogP contribution in [0.2, 0.25) is 0 Å². The van der Waals surface area contributed by atoms with Crippen LogP contribution in [0.4, 0.5) is 17.1 Å². The smallest absolute Gasteiger partial charge is 0.0640 e. The average molecular weight is 532 g/mol. The Morgan fingerprint density at radius 1 is 0.525 bits per heavy atom. The van der Waals surface area contributed by atoms with E-state index in [9.17, 15) is 0 Å². The van der Waals surface area contributed by atoms with Crippen molar-refractivity contribution in [3.63, 3.8) is 0 Å². The number of hydrogen-bond donors (Lipinski definition) is 0. The molecule has 1 heterocycles. The first-order valence-corrected chi connectivity index (χ1v) is 15.1. The van der Waals surface area contributed by atoms with Gasteiger partial charge in [0.1, 0.15) is 0 Å². The first-order chi connectivity index (χ1) is 19.8. The number of rotatable bonds is 5. The molecular weight excluding hydrogens is 502 g/mol. The van der Waals surface area contributed by atoms with E-state index in [0.29, 0.717) is 0 Å². The third kappa shape index (κ3) is 3.33. The SMILES string of the molecule is CCc1ccc2ccc3c(CC)cc(N(c4ccccc4)c4cccc5c4sc4ccccc45)c4ccc1c2c34. The van der Waals surface area contributed by atoms with E-state index < -0.39 is 0 Å². The van der Waals surface area contributed by atoms with Crippen molar-refractivity contribution >= 4 is 80.9 Å². The van der Waals surface area contributed by atoms with Gasteiger partial charge in [0.15, 0.2) is 0 Å². The highest BCUT2D eigenvalue weighted by Crippen LogP contribution is 2.49. The van der Waals surface area contributed by atoms with Gasteiger partial charge in [-0.3, -0.25) is 0 Å². The van der Waals surface area contributed by atoms with Crippen LogP contribution in [-0.4, -0.2) is 0 Å². The van der Waals surface area contributed by atoms with Crippen molar-refractivity contribution < 1.29 is 0 Å². The lowest BCUT2D eigenvalue weighted by molar-refractivity contribution is 1.15. The minimum atomic E-state index is 0.984. The van der Waals surface area contributed by atoms with Crippen molar-refractivity contribution in [2.75, 3.05) is 4.90 Å². The molecule has 0 radical (unpaired) electrons. The summed E-state index contributed by atoms with van der Waals surface area (Å²) in [5.41, 5.74) is 6.47. The van der Waals surface area contributed by atoms with Crippen molar-refractivity contribution in [3.8, 4) is 0 Å². The molecule has 0 atom stereocenters. The zero-order valence-electron chi connectivity index (χ0n) is 22.7. The summed E-state index contributed by atoms with van der Waals surface area (Å²) in [4.78, 5) is 2.50. The Morgan fingerprint density at radius 3 is 2.08 bits per heavy atom. The van der Waals surface area contributed by atoms with Gasteiger partial charge in [0.05, 0.1) is 16.1 Å². The Morgan fingerprint density at radius 2 is 1.23 bits per heavy atom. The molecule has 0 spiro atoms. The average Bonchev–Trinajstić information content (AvgIpc) is 3.40. The molecule has 1 aromatic heterocycles. The fourth-order valence-corrected chi connectivity index (χ4v) is 7.90. The maximum Gasteiger partial charge on any atom is 0.0640 e. The van der Waals surface area contributed by atoms with Gasteiger partial charge in [-0.25, -0.2) is 0 Å². The van der Waals surface area contributed by atoms with Crippen molar-refractivity contribution in [1.29, 1.82) is 0 Å². The van der Waals surface area contributed by atoms with Gasteiger partial charge in [-0.15, -0.1) is 11.3 Å². The van der Waals surface area contributed by atoms with Crippen LogP contribution < -0.4 is 4.90 Å². The summed E-state index contributed by atoms with van der Waals surface area (Å²) in [6.07, 6.45) is 2.02. The largest absolute Gasteiger partial charge is 0.308 e. The van der Waals surface area contributed by atoms with Gasteiger partial charge in [0, 0.05) is 26.5 Å². The van der Waals surface area contributed by atoms with Gasteiger partial charge in [-0.1, -0.05) is 98.8 Å². The third-order valence-corrected chi connectivity index (χ3v) is 9.79. The lowest BCUT2D eigenvalue weighted by atomic mass is 9.88. The number of anilines is 3. The van der Waals surface area contributed by atoms with Gasteiger partial charge in [0.25, 0.3) is 0 Å². The molecule has 8 rings (SSSR count). The van der Waals surface area contributed by atoms with Crippen LogP contribution in [0.5, 0.6) is 0 Å². The van der Waals surface area contributed by atoms with E-state index in [1.807, 2.05) is 11.3 Å². The van der Waals surface area contributed by atoms with Gasteiger partial charge < -0.3 is 4.90 Å². The van der Waals surface area contributed by atoms with E-state index in [0.717, 1.165) is 12.8 Å². The molecule has 0 N–H and O–H groups in total. The normalized spacial score (nSPS) is 11.9. The lowest BCUT2D eigenvalue weighted by Gasteiger charge is -2.29. The molecule has 0 saturated heterocycles. The maximum atomic E-state index is 2.50. The van der Waals surface area contributed by atoms with Crippen LogP contribution in [0.25, 0.3) is 52.5 Å². The Labute approximate surface area is 238 Å². The van der Waals surface area contributed by atoms with Crippen molar-refractivity contribution in [3.05, 3.63) is 126 Å². The van der Waals surface area contributed by atoms with Gasteiger partial charge >= 0.3 is 0 Å². The quantitative estimate of drug-likeness (QED) is 0.200. The summed E-state index contributed by atoms with van der Waals surface area (Å²) in [5.74, 6) is 0. The number of fused-ring (bicyclic) bond motifs is 3. The van der Waals surface area contributed by atoms with E-state index in [2.05, 4.69) is 134 Å². The highest BCUT2D eigenvalue weighted by Gasteiger charge is 2.23. The molecule has 40 heavy (non-hydrogen) atoms. The summed E-state index contributed by atoms with van der Waals surface area (Å²) in [6.45, 7) is 4.55. The topological polar surface area (TPSA) is 3.24 Å². The molecule has 0 aliphatic heterocycles. The van der Waals surface area contributed by atoms with Crippen LogP contribution >= 0.6 is 11.3 Å². The number of aryl methyl sites for hydroxylation is 2. The van der Waals surface area contributed by atoms with Crippen LogP contribution in [0, 0.1) is 0 Å². The van der Waals surface area contributed by atoms with E-state index in [-0.39, 0.29) is 0 Å². The second-order valence-electron chi connectivity index (χ2n) is 10.7. The Hall–Kier alpha value is -4.40. The summed E-state index contributed by atoms with van der Waals surface area (Å²) >= 11 is 1.89. The summed E-state index contributed by atoms with van der Waals surface area (Å²) < 4.78 is 2.65. The number of thiophene rings is 1. The summed E-state index contributed by atoms with van der Waals surface area (Å²) in [6, 6.07) is 42.9. The zero-order valence-corrected chi connectivity index (χ0v) is 23.6. The fourth-order valence-electron chi connectivity index (χ4n) is 6.69. The molecule has 0 aliphatic rings. The third-order valence-electron chi connectivity index (χ3n) is 8.58. The standard InChI is InChI=1S/C38H29NS/c1-3-24-17-18-26-19-20-29-25(4-2)23-34(32-22-21-28(24)36(26)37(29)32)39(27-11-6-5-7-12-27)33-15-10-14-31-30-13-8-9-16-35(30)40-38(31)33/h5-23H,3-4H2,1-2H3. The van der Waals surface area contributed by atoms with Gasteiger partial charge in [0.2, 0.25) is 0 Å².